The summed E-state index contributed by atoms with van der Waals surface area (Å²) in [6.45, 7) is 6.79. The molecule has 3 nitrogen and oxygen atoms in total. The first kappa shape index (κ1) is 16.0. The summed E-state index contributed by atoms with van der Waals surface area (Å²) in [4.78, 5) is 16.1. The molecule has 1 saturated carbocycles. The van der Waals surface area contributed by atoms with E-state index in [2.05, 4.69) is 25.8 Å². The van der Waals surface area contributed by atoms with Crippen molar-refractivity contribution >= 4 is 5.97 Å². The summed E-state index contributed by atoms with van der Waals surface area (Å²) in [5.74, 6) is 0.0191. The molecule has 0 unspecified atom stereocenters. The Morgan fingerprint density at radius 1 is 1.33 bits per heavy atom. The molecule has 0 spiro atoms. The highest BCUT2D eigenvalue weighted by atomic mass is 16.4. The Morgan fingerprint density at radius 3 is 2.48 bits per heavy atom. The highest BCUT2D eigenvalue weighted by Gasteiger charge is 2.43. The van der Waals surface area contributed by atoms with E-state index in [0.29, 0.717) is 12.3 Å². The number of aryl methyl sites for hydroxylation is 1. The maximum atomic E-state index is 11.8. The first-order valence-corrected chi connectivity index (χ1v) is 7.97. The molecule has 1 N–H and O–H groups in total. The van der Waals surface area contributed by atoms with Crippen LogP contribution in [0.4, 0.5) is 0 Å². The summed E-state index contributed by atoms with van der Waals surface area (Å²) in [7, 11) is 0. The van der Waals surface area contributed by atoms with Crippen LogP contribution < -0.4 is 0 Å². The number of hydrogen-bond donors (Lipinski definition) is 1. The van der Waals surface area contributed by atoms with Gasteiger partial charge < -0.3 is 5.11 Å². The zero-order chi connectivity index (χ0) is 15.5. The molecule has 0 atom stereocenters. The zero-order valence-electron chi connectivity index (χ0n) is 13.4. The summed E-state index contributed by atoms with van der Waals surface area (Å²) in [6.07, 6.45) is 6.90. The lowest BCUT2D eigenvalue weighted by atomic mass is 9.62. The minimum Gasteiger partial charge on any atom is -0.481 e. The predicted octanol–water partition coefficient (Wildman–Crippen LogP) is 4.32. The number of carboxylic acid groups (broad SMARTS) is 1. The third kappa shape index (κ3) is 3.84. The summed E-state index contributed by atoms with van der Waals surface area (Å²) in [5, 5.41) is 9.74. The van der Waals surface area contributed by atoms with E-state index in [4.69, 9.17) is 0 Å². The van der Waals surface area contributed by atoms with Gasteiger partial charge in [-0.25, -0.2) is 0 Å². The van der Waals surface area contributed by atoms with Gasteiger partial charge in [0.05, 0.1) is 5.41 Å². The highest BCUT2D eigenvalue weighted by molar-refractivity contribution is 5.74. The van der Waals surface area contributed by atoms with Gasteiger partial charge in [0.2, 0.25) is 0 Å². The van der Waals surface area contributed by atoms with Crippen molar-refractivity contribution in [2.24, 2.45) is 16.7 Å². The van der Waals surface area contributed by atoms with E-state index in [1.54, 1.807) is 6.20 Å². The molecule has 0 aliphatic heterocycles. The van der Waals surface area contributed by atoms with Gasteiger partial charge in [-0.05, 0) is 62.0 Å². The van der Waals surface area contributed by atoms with E-state index in [-0.39, 0.29) is 5.41 Å². The van der Waals surface area contributed by atoms with E-state index >= 15 is 0 Å². The quantitative estimate of drug-likeness (QED) is 0.898. The molecular formula is C18H27NO2. The minimum absolute atomic E-state index is 0.283. The Hall–Kier alpha value is -1.38. The van der Waals surface area contributed by atoms with Gasteiger partial charge in [0.15, 0.2) is 0 Å². The normalized spacial score (nSPS) is 26.5. The Kier molecular flexibility index (Phi) is 4.70. The van der Waals surface area contributed by atoms with Gasteiger partial charge in [-0.1, -0.05) is 26.8 Å². The largest absolute Gasteiger partial charge is 0.481 e. The second-order valence-corrected chi connectivity index (χ2v) is 7.55. The van der Waals surface area contributed by atoms with Crippen LogP contribution in [0.5, 0.6) is 0 Å². The fourth-order valence-corrected chi connectivity index (χ4v) is 3.52. The van der Waals surface area contributed by atoms with Crippen molar-refractivity contribution in [2.75, 3.05) is 0 Å². The monoisotopic (exact) mass is 289 g/mol. The highest BCUT2D eigenvalue weighted by Crippen LogP contribution is 2.47. The van der Waals surface area contributed by atoms with Gasteiger partial charge in [-0.2, -0.15) is 0 Å². The van der Waals surface area contributed by atoms with E-state index < -0.39 is 11.4 Å². The molecule has 1 aliphatic carbocycles. The molecule has 1 aromatic heterocycles. The summed E-state index contributed by atoms with van der Waals surface area (Å²) >= 11 is 0. The molecule has 3 heteroatoms. The molecule has 2 rings (SSSR count). The predicted molar refractivity (Wildman–Crippen MR) is 84.0 cm³/mol. The Balaban J connectivity index is 2.01. The summed E-state index contributed by atoms with van der Waals surface area (Å²) in [6, 6.07) is 5.84. The molecule has 0 aromatic carbocycles. The molecule has 1 aliphatic rings. The van der Waals surface area contributed by atoms with Crippen LogP contribution in [-0.4, -0.2) is 16.1 Å². The molecule has 116 valence electrons. The molecule has 0 saturated heterocycles. The second kappa shape index (κ2) is 6.17. The molecule has 1 aromatic rings. The van der Waals surface area contributed by atoms with E-state index in [1.807, 2.05) is 18.2 Å². The van der Waals surface area contributed by atoms with Crippen LogP contribution in [0.25, 0.3) is 0 Å². The lowest BCUT2D eigenvalue weighted by Gasteiger charge is -2.41. The van der Waals surface area contributed by atoms with Gasteiger partial charge in [0, 0.05) is 11.9 Å². The maximum absolute atomic E-state index is 11.8. The second-order valence-electron chi connectivity index (χ2n) is 7.55. The molecule has 1 heterocycles. The third-order valence-corrected chi connectivity index (χ3v) is 5.21. The van der Waals surface area contributed by atoms with Crippen LogP contribution in [0.2, 0.25) is 0 Å². The van der Waals surface area contributed by atoms with Crippen LogP contribution in [0.15, 0.2) is 24.4 Å². The van der Waals surface area contributed by atoms with Crippen molar-refractivity contribution in [3.63, 3.8) is 0 Å². The first-order chi connectivity index (χ1) is 9.83. The smallest absolute Gasteiger partial charge is 0.309 e. The van der Waals surface area contributed by atoms with Gasteiger partial charge >= 0.3 is 5.97 Å². The average molecular weight is 289 g/mol. The van der Waals surface area contributed by atoms with Crippen LogP contribution in [-0.2, 0) is 11.2 Å². The van der Waals surface area contributed by atoms with Crippen LogP contribution in [0.3, 0.4) is 0 Å². The SMILES string of the molecule is CC(C)(C)C1CCC(CCc2ccccn2)(C(=O)O)CC1. The van der Waals surface area contributed by atoms with Crippen LogP contribution in [0, 0.1) is 16.7 Å². The fourth-order valence-electron chi connectivity index (χ4n) is 3.52. The lowest BCUT2D eigenvalue weighted by molar-refractivity contribution is -0.152. The lowest BCUT2D eigenvalue weighted by Crippen LogP contribution is -2.38. The number of carboxylic acids is 1. The Bertz CT molecular complexity index is 468. The number of pyridine rings is 1. The van der Waals surface area contributed by atoms with Crippen molar-refractivity contribution in [1.82, 2.24) is 4.98 Å². The topological polar surface area (TPSA) is 50.2 Å². The molecule has 21 heavy (non-hydrogen) atoms. The van der Waals surface area contributed by atoms with E-state index in [1.165, 1.54) is 0 Å². The Labute approximate surface area is 127 Å². The molecule has 0 amide bonds. The molecule has 0 radical (unpaired) electrons. The van der Waals surface area contributed by atoms with Crippen LogP contribution in [0.1, 0.15) is 58.6 Å². The van der Waals surface area contributed by atoms with Crippen molar-refractivity contribution in [1.29, 1.82) is 0 Å². The number of aliphatic carboxylic acids is 1. The van der Waals surface area contributed by atoms with Gasteiger partial charge in [-0.15, -0.1) is 0 Å². The summed E-state index contributed by atoms with van der Waals surface area (Å²) < 4.78 is 0. The fraction of sp³-hybridized carbons (Fsp3) is 0.667. The first-order valence-electron chi connectivity index (χ1n) is 7.97. The van der Waals surface area contributed by atoms with E-state index in [9.17, 15) is 9.90 Å². The van der Waals surface area contributed by atoms with Crippen LogP contribution >= 0.6 is 0 Å². The number of hydrogen-bond acceptors (Lipinski definition) is 2. The number of aromatic nitrogens is 1. The number of rotatable bonds is 4. The van der Waals surface area contributed by atoms with Crippen molar-refractivity contribution in [2.45, 2.75) is 59.3 Å². The van der Waals surface area contributed by atoms with E-state index in [0.717, 1.165) is 37.8 Å². The third-order valence-electron chi connectivity index (χ3n) is 5.21. The number of carbonyl (C=O) groups is 1. The Morgan fingerprint density at radius 2 is 2.00 bits per heavy atom. The molecule has 1 fully saturated rings. The van der Waals surface area contributed by atoms with Crippen molar-refractivity contribution in [3.8, 4) is 0 Å². The van der Waals surface area contributed by atoms with Gasteiger partial charge in [0.1, 0.15) is 0 Å². The average Bonchev–Trinajstić information content (AvgIpc) is 2.45. The number of nitrogens with zero attached hydrogens (tertiary/aromatic N) is 1. The van der Waals surface area contributed by atoms with Gasteiger partial charge in [0.25, 0.3) is 0 Å². The molecule has 0 bridgehead atoms. The summed E-state index contributed by atoms with van der Waals surface area (Å²) in [5.41, 5.74) is 0.737. The minimum atomic E-state index is -0.620. The zero-order valence-corrected chi connectivity index (χ0v) is 13.4. The maximum Gasteiger partial charge on any atom is 0.309 e. The van der Waals surface area contributed by atoms with Crippen molar-refractivity contribution < 1.29 is 9.90 Å². The van der Waals surface area contributed by atoms with Crippen molar-refractivity contribution in [3.05, 3.63) is 30.1 Å². The standard InChI is InChI=1S/C18H27NO2/c1-17(2,3)14-7-10-18(11-8-14,16(20)21)12-9-15-6-4-5-13-19-15/h4-6,13-14H,7-12H2,1-3H3,(H,20,21). The van der Waals surface area contributed by atoms with Gasteiger partial charge in [-0.3, -0.25) is 9.78 Å². The molecular weight excluding hydrogens is 262 g/mol.